The largest absolute Gasteiger partial charge is 0.351 e. The molecule has 2 aliphatic heterocycles. The molecule has 0 bridgehead atoms. The van der Waals surface area contributed by atoms with Gasteiger partial charge in [0, 0.05) is 33.1 Å². The maximum atomic E-state index is 13.3. The van der Waals surface area contributed by atoms with Gasteiger partial charge >= 0.3 is 0 Å². The number of piperidine rings is 1. The topological polar surface area (TPSA) is 52.7 Å². The third-order valence-corrected chi connectivity index (χ3v) is 4.86. The van der Waals surface area contributed by atoms with Gasteiger partial charge in [-0.15, -0.1) is 0 Å². The minimum absolute atomic E-state index is 0.0343. The van der Waals surface area contributed by atoms with Crippen LogP contribution in [0.15, 0.2) is 24.3 Å². The van der Waals surface area contributed by atoms with Gasteiger partial charge in [0.05, 0.1) is 12.0 Å². The lowest BCUT2D eigenvalue weighted by atomic mass is 9.96. The van der Waals surface area contributed by atoms with E-state index >= 15 is 0 Å². The molecule has 0 aliphatic carbocycles. The number of nitrogens with one attached hydrogen (secondary N) is 1. The molecular weight excluding hydrogens is 309 g/mol. The molecule has 0 saturated carbocycles. The highest BCUT2D eigenvalue weighted by atomic mass is 19.1. The van der Waals surface area contributed by atoms with E-state index in [-0.39, 0.29) is 29.6 Å². The Morgan fingerprint density at radius 2 is 2.21 bits per heavy atom. The standard InChI is InChI=1S/C18H24FN3O2/c1-21-12-16(9-17(21)23)20-18(24)14-5-3-7-22(11-14)10-13-4-2-6-15(19)8-13/h2,4,6,8,14,16H,3,5,7,9-12H2,1H3,(H,20,24)/t14-,16-/m1/s1. The van der Waals surface area contributed by atoms with Crippen LogP contribution < -0.4 is 5.32 Å². The third kappa shape index (κ3) is 4.12. The maximum Gasteiger partial charge on any atom is 0.224 e. The molecule has 1 N–H and O–H groups in total. The van der Waals surface area contributed by atoms with Gasteiger partial charge in [0.25, 0.3) is 0 Å². The SMILES string of the molecule is CN1C[C@H](NC(=O)[C@@H]2CCCN(Cc3cccc(F)c3)C2)CC1=O. The molecule has 1 aromatic carbocycles. The molecule has 3 rings (SSSR count). The highest BCUT2D eigenvalue weighted by molar-refractivity contribution is 5.83. The van der Waals surface area contributed by atoms with Crippen molar-refractivity contribution in [2.75, 3.05) is 26.7 Å². The Morgan fingerprint density at radius 1 is 1.38 bits per heavy atom. The lowest BCUT2D eigenvalue weighted by Gasteiger charge is -2.32. The first kappa shape index (κ1) is 16.9. The number of likely N-dealkylation sites (tertiary alicyclic amines) is 2. The second-order valence-electron chi connectivity index (χ2n) is 6.89. The number of carbonyl (C=O) groups excluding carboxylic acids is 2. The van der Waals surface area contributed by atoms with Crippen molar-refractivity contribution >= 4 is 11.8 Å². The van der Waals surface area contributed by atoms with E-state index in [0.29, 0.717) is 26.1 Å². The quantitative estimate of drug-likeness (QED) is 0.906. The van der Waals surface area contributed by atoms with Crippen LogP contribution in [0.5, 0.6) is 0 Å². The molecule has 0 spiro atoms. The van der Waals surface area contributed by atoms with Crippen molar-refractivity contribution in [1.82, 2.24) is 15.1 Å². The van der Waals surface area contributed by atoms with Gasteiger partial charge < -0.3 is 10.2 Å². The summed E-state index contributed by atoms with van der Waals surface area (Å²) in [6, 6.07) is 6.53. The first-order valence-electron chi connectivity index (χ1n) is 8.52. The fraction of sp³-hybridized carbons (Fsp3) is 0.556. The summed E-state index contributed by atoms with van der Waals surface area (Å²) in [5.41, 5.74) is 0.930. The van der Waals surface area contributed by atoms with Crippen LogP contribution in [0.3, 0.4) is 0 Å². The van der Waals surface area contributed by atoms with Gasteiger partial charge in [0.15, 0.2) is 0 Å². The monoisotopic (exact) mass is 333 g/mol. The molecule has 2 atom stereocenters. The lowest BCUT2D eigenvalue weighted by molar-refractivity contribution is -0.127. The van der Waals surface area contributed by atoms with Crippen molar-refractivity contribution in [2.24, 2.45) is 5.92 Å². The van der Waals surface area contributed by atoms with Crippen LogP contribution >= 0.6 is 0 Å². The van der Waals surface area contributed by atoms with Gasteiger partial charge in [0.2, 0.25) is 11.8 Å². The van der Waals surface area contributed by atoms with E-state index in [1.807, 2.05) is 6.07 Å². The van der Waals surface area contributed by atoms with E-state index in [2.05, 4.69) is 10.2 Å². The van der Waals surface area contributed by atoms with E-state index in [0.717, 1.165) is 24.9 Å². The molecule has 1 aromatic rings. The van der Waals surface area contributed by atoms with Crippen LogP contribution in [0.2, 0.25) is 0 Å². The van der Waals surface area contributed by atoms with Gasteiger partial charge in [-0.05, 0) is 37.1 Å². The number of hydrogen-bond donors (Lipinski definition) is 1. The number of hydrogen-bond acceptors (Lipinski definition) is 3. The number of amides is 2. The molecule has 0 unspecified atom stereocenters. The summed E-state index contributed by atoms with van der Waals surface area (Å²) in [5.74, 6) is -0.175. The predicted octanol–water partition coefficient (Wildman–Crippen LogP) is 1.38. The molecule has 24 heavy (non-hydrogen) atoms. The zero-order chi connectivity index (χ0) is 17.1. The average molecular weight is 333 g/mol. The Hall–Kier alpha value is -1.95. The lowest BCUT2D eigenvalue weighted by Crippen LogP contribution is -2.46. The van der Waals surface area contributed by atoms with Crippen LogP contribution in [0, 0.1) is 11.7 Å². The zero-order valence-corrected chi connectivity index (χ0v) is 14.0. The molecule has 5 nitrogen and oxygen atoms in total. The number of benzene rings is 1. The van der Waals surface area contributed by atoms with Crippen molar-refractivity contribution in [3.63, 3.8) is 0 Å². The van der Waals surface area contributed by atoms with Gasteiger partial charge in [0.1, 0.15) is 5.82 Å². The van der Waals surface area contributed by atoms with Gasteiger partial charge in [-0.1, -0.05) is 12.1 Å². The Kier molecular flexibility index (Phi) is 5.14. The number of rotatable bonds is 4. The molecule has 2 saturated heterocycles. The fourth-order valence-electron chi connectivity index (χ4n) is 3.59. The summed E-state index contributed by atoms with van der Waals surface area (Å²) in [4.78, 5) is 27.9. The van der Waals surface area contributed by atoms with Crippen molar-refractivity contribution in [1.29, 1.82) is 0 Å². The fourth-order valence-corrected chi connectivity index (χ4v) is 3.59. The molecule has 2 fully saturated rings. The summed E-state index contributed by atoms with van der Waals surface area (Å²) >= 11 is 0. The highest BCUT2D eigenvalue weighted by Gasteiger charge is 2.31. The van der Waals surface area contributed by atoms with Crippen LogP contribution in [-0.2, 0) is 16.1 Å². The minimum atomic E-state index is -0.228. The molecule has 0 aromatic heterocycles. The molecule has 6 heteroatoms. The number of halogens is 1. The van der Waals surface area contributed by atoms with E-state index in [9.17, 15) is 14.0 Å². The number of nitrogens with zero attached hydrogens (tertiary/aromatic N) is 2. The van der Waals surface area contributed by atoms with E-state index < -0.39 is 0 Å². The zero-order valence-electron chi connectivity index (χ0n) is 14.0. The number of carbonyl (C=O) groups is 2. The average Bonchev–Trinajstić information content (AvgIpc) is 2.85. The second kappa shape index (κ2) is 7.30. The van der Waals surface area contributed by atoms with Gasteiger partial charge in [-0.2, -0.15) is 0 Å². The molecular formula is C18H24FN3O2. The first-order valence-corrected chi connectivity index (χ1v) is 8.52. The van der Waals surface area contributed by atoms with Gasteiger partial charge in [-0.25, -0.2) is 4.39 Å². The molecule has 130 valence electrons. The van der Waals surface area contributed by atoms with Crippen molar-refractivity contribution in [3.8, 4) is 0 Å². The van der Waals surface area contributed by atoms with Crippen molar-refractivity contribution in [3.05, 3.63) is 35.6 Å². The molecule has 2 aliphatic rings. The Bertz CT molecular complexity index is 622. The third-order valence-electron chi connectivity index (χ3n) is 4.86. The van der Waals surface area contributed by atoms with Crippen LogP contribution in [0.4, 0.5) is 4.39 Å². The van der Waals surface area contributed by atoms with Crippen LogP contribution in [0.25, 0.3) is 0 Å². The molecule has 2 amide bonds. The normalized spacial score (nSPS) is 25.1. The summed E-state index contributed by atoms with van der Waals surface area (Å²) < 4.78 is 13.3. The molecule has 0 radical (unpaired) electrons. The molecule has 2 heterocycles. The van der Waals surface area contributed by atoms with Crippen LogP contribution in [-0.4, -0.2) is 54.3 Å². The second-order valence-corrected chi connectivity index (χ2v) is 6.89. The summed E-state index contributed by atoms with van der Waals surface area (Å²) in [6.07, 6.45) is 2.21. The highest BCUT2D eigenvalue weighted by Crippen LogP contribution is 2.20. The number of likely N-dealkylation sites (N-methyl/N-ethyl adjacent to an activating group) is 1. The Morgan fingerprint density at radius 3 is 2.92 bits per heavy atom. The Labute approximate surface area is 141 Å². The van der Waals surface area contributed by atoms with E-state index in [1.54, 1.807) is 24.1 Å². The van der Waals surface area contributed by atoms with Crippen molar-refractivity contribution in [2.45, 2.75) is 31.8 Å². The minimum Gasteiger partial charge on any atom is -0.351 e. The summed E-state index contributed by atoms with van der Waals surface area (Å²) in [6.45, 7) is 2.85. The summed E-state index contributed by atoms with van der Waals surface area (Å²) in [7, 11) is 1.76. The predicted molar refractivity (Wildman–Crippen MR) is 88.6 cm³/mol. The first-order chi connectivity index (χ1) is 11.5. The Balaban J connectivity index is 1.53. The van der Waals surface area contributed by atoms with E-state index in [1.165, 1.54) is 6.07 Å². The van der Waals surface area contributed by atoms with E-state index in [4.69, 9.17) is 0 Å². The van der Waals surface area contributed by atoms with Crippen molar-refractivity contribution < 1.29 is 14.0 Å². The summed E-state index contributed by atoms with van der Waals surface area (Å²) in [5, 5.41) is 3.01. The smallest absolute Gasteiger partial charge is 0.224 e. The van der Waals surface area contributed by atoms with Crippen LogP contribution in [0.1, 0.15) is 24.8 Å². The maximum absolute atomic E-state index is 13.3. The van der Waals surface area contributed by atoms with Gasteiger partial charge in [-0.3, -0.25) is 14.5 Å².